The monoisotopic (exact) mass is 280 g/mol. The first-order valence-corrected chi connectivity index (χ1v) is 7.81. The Morgan fingerprint density at radius 1 is 1.33 bits per heavy atom. The molecule has 1 heterocycles. The summed E-state index contributed by atoms with van der Waals surface area (Å²) in [5.74, 6) is 0.932. The van der Waals surface area contributed by atoms with Crippen LogP contribution in [0.5, 0.6) is 0 Å². The van der Waals surface area contributed by atoms with Gasteiger partial charge in [0.15, 0.2) is 5.13 Å². The summed E-state index contributed by atoms with van der Waals surface area (Å²) in [5.41, 5.74) is 0.996. The molecule has 0 atom stereocenters. The lowest BCUT2D eigenvalue weighted by atomic mass is 10.0. The molecule has 0 amide bonds. The van der Waals surface area contributed by atoms with Gasteiger partial charge in [0, 0.05) is 11.6 Å². The molecule has 1 aliphatic carbocycles. The van der Waals surface area contributed by atoms with Crippen LogP contribution in [0.25, 0.3) is 10.2 Å². The van der Waals surface area contributed by atoms with Crippen LogP contribution >= 0.6 is 22.9 Å². The average Bonchev–Trinajstić information content (AvgIpc) is 2.97. The second kappa shape index (κ2) is 5.45. The summed E-state index contributed by atoms with van der Waals surface area (Å²) in [6.45, 7) is 1.04. The highest BCUT2D eigenvalue weighted by molar-refractivity contribution is 7.22. The standard InChI is InChI=1S/C14H17ClN2S/c15-11-5-6-13-12(9-11)17-14(18-13)16-8-7-10-3-1-2-4-10/h5-6,9-10H,1-4,7-8H2,(H,16,17). The highest BCUT2D eigenvalue weighted by atomic mass is 35.5. The van der Waals surface area contributed by atoms with Crippen molar-refractivity contribution in [3.8, 4) is 0 Å². The molecule has 2 nitrogen and oxygen atoms in total. The minimum Gasteiger partial charge on any atom is -0.361 e. The summed E-state index contributed by atoms with van der Waals surface area (Å²) in [5, 5.41) is 5.22. The van der Waals surface area contributed by atoms with Crippen LogP contribution in [-0.4, -0.2) is 11.5 Å². The lowest BCUT2D eigenvalue weighted by Gasteiger charge is -2.08. The van der Waals surface area contributed by atoms with Crippen molar-refractivity contribution in [3.63, 3.8) is 0 Å². The summed E-state index contributed by atoms with van der Waals surface area (Å²) in [7, 11) is 0. The third-order valence-corrected chi connectivity index (χ3v) is 4.88. The fraction of sp³-hybridized carbons (Fsp3) is 0.500. The Balaban J connectivity index is 1.60. The Labute approximate surface area is 116 Å². The Morgan fingerprint density at radius 2 is 2.17 bits per heavy atom. The molecule has 18 heavy (non-hydrogen) atoms. The van der Waals surface area contributed by atoms with Gasteiger partial charge in [-0.2, -0.15) is 0 Å². The molecule has 1 saturated carbocycles. The van der Waals surface area contributed by atoms with Gasteiger partial charge in [0.05, 0.1) is 10.2 Å². The van der Waals surface area contributed by atoms with E-state index in [1.165, 1.54) is 36.8 Å². The molecule has 2 aromatic rings. The lowest BCUT2D eigenvalue weighted by Crippen LogP contribution is -2.06. The van der Waals surface area contributed by atoms with Crippen molar-refractivity contribution in [2.45, 2.75) is 32.1 Å². The van der Waals surface area contributed by atoms with Gasteiger partial charge >= 0.3 is 0 Å². The zero-order chi connectivity index (χ0) is 12.4. The predicted octanol–water partition coefficient (Wildman–Crippen LogP) is 4.94. The van der Waals surface area contributed by atoms with Crippen LogP contribution in [0.3, 0.4) is 0 Å². The molecule has 4 heteroatoms. The van der Waals surface area contributed by atoms with Crippen molar-refractivity contribution in [1.29, 1.82) is 0 Å². The number of nitrogens with one attached hydrogen (secondary N) is 1. The molecule has 0 bridgehead atoms. The summed E-state index contributed by atoms with van der Waals surface area (Å²) in [6.07, 6.45) is 6.94. The first kappa shape index (κ1) is 12.2. The van der Waals surface area contributed by atoms with Gasteiger partial charge < -0.3 is 5.32 Å². The van der Waals surface area contributed by atoms with E-state index in [2.05, 4.69) is 10.3 Å². The Bertz CT molecular complexity index is 532. The molecule has 0 unspecified atom stereocenters. The van der Waals surface area contributed by atoms with E-state index in [0.717, 1.165) is 28.1 Å². The van der Waals surface area contributed by atoms with Gasteiger partial charge in [-0.25, -0.2) is 4.98 Å². The molecule has 96 valence electrons. The maximum atomic E-state index is 5.96. The number of nitrogens with zero attached hydrogens (tertiary/aromatic N) is 1. The molecule has 1 aliphatic rings. The van der Waals surface area contributed by atoms with Crippen molar-refractivity contribution in [2.75, 3.05) is 11.9 Å². The number of benzene rings is 1. The summed E-state index contributed by atoms with van der Waals surface area (Å²) in [6, 6.07) is 5.89. The van der Waals surface area contributed by atoms with Crippen molar-refractivity contribution in [1.82, 2.24) is 4.98 Å². The normalized spacial score (nSPS) is 16.5. The fourth-order valence-corrected chi connectivity index (χ4v) is 3.70. The maximum Gasteiger partial charge on any atom is 0.183 e. The minimum atomic E-state index is 0.755. The van der Waals surface area contributed by atoms with E-state index in [9.17, 15) is 0 Å². The number of hydrogen-bond donors (Lipinski definition) is 1. The SMILES string of the molecule is Clc1ccc2sc(NCCC3CCCC3)nc2c1. The highest BCUT2D eigenvalue weighted by Gasteiger charge is 2.14. The van der Waals surface area contributed by atoms with Crippen LogP contribution in [0.1, 0.15) is 32.1 Å². The second-order valence-electron chi connectivity index (χ2n) is 5.00. The van der Waals surface area contributed by atoms with Gasteiger partial charge in [-0.05, 0) is 30.5 Å². The molecule has 3 rings (SSSR count). The first-order valence-electron chi connectivity index (χ1n) is 6.61. The van der Waals surface area contributed by atoms with Gasteiger partial charge in [-0.1, -0.05) is 48.6 Å². The first-order chi connectivity index (χ1) is 8.81. The number of halogens is 1. The molecule has 0 saturated heterocycles. The Hall–Kier alpha value is -0.800. The van der Waals surface area contributed by atoms with E-state index in [-0.39, 0.29) is 0 Å². The quantitative estimate of drug-likeness (QED) is 0.858. The van der Waals surface area contributed by atoms with Crippen molar-refractivity contribution in [3.05, 3.63) is 23.2 Å². The van der Waals surface area contributed by atoms with Crippen LogP contribution in [0.4, 0.5) is 5.13 Å². The van der Waals surface area contributed by atoms with E-state index in [1.54, 1.807) is 11.3 Å². The van der Waals surface area contributed by atoms with Gasteiger partial charge in [-0.3, -0.25) is 0 Å². The number of thiazole rings is 1. The van der Waals surface area contributed by atoms with Crippen molar-refractivity contribution >= 4 is 38.3 Å². The van der Waals surface area contributed by atoms with Crippen LogP contribution in [0.15, 0.2) is 18.2 Å². The van der Waals surface area contributed by atoms with E-state index in [1.807, 2.05) is 18.2 Å². The van der Waals surface area contributed by atoms with E-state index in [0.29, 0.717) is 0 Å². The molecule has 1 fully saturated rings. The molecule has 0 aliphatic heterocycles. The van der Waals surface area contributed by atoms with Gasteiger partial charge in [0.25, 0.3) is 0 Å². The van der Waals surface area contributed by atoms with E-state index in [4.69, 9.17) is 11.6 Å². The molecule has 0 radical (unpaired) electrons. The van der Waals surface area contributed by atoms with E-state index < -0.39 is 0 Å². The molecular weight excluding hydrogens is 264 g/mol. The topological polar surface area (TPSA) is 24.9 Å². The van der Waals surface area contributed by atoms with Gasteiger partial charge in [0.2, 0.25) is 0 Å². The van der Waals surface area contributed by atoms with Crippen molar-refractivity contribution in [2.24, 2.45) is 5.92 Å². The molecular formula is C14H17ClN2S. The van der Waals surface area contributed by atoms with E-state index >= 15 is 0 Å². The zero-order valence-corrected chi connectivity index (χ0v) is 11.9. The smallest absolute Gasteiger partial charge is 0.183 e. The van der Waals surface area contributed by atoms with Gasteiger partial charge in [-0.15, -0.1) is 0 Å². The minimum absolute atomic E-state index is 0.755. The third-order valence-electron chi connectivity index (χ3n) is 3.65. The molecule has 1 N–H and O–H groups in total. The number of anilines is 1. The summed E-state index contributed by atoms with van der Waals surface area (Å²) in [4.78, 5) is 4.56. The number of fused-ring (bicyclic) bond motifs is 1. The summed E-state index contributed by atoms with van der Waals surface area (Å²) < 4.78 is 1.20. The predicted molar refractivity (Wildman–Crippen MR) is 79.7 cm³/mol. The molecule has 1 aromatic heterocycles. The van der Waals surface area contributed by atoms with Crippen LogP contribution < -0.4 is 5.32 Å². The van der Waals surface area contributed by atoms with Crippen molar-refractivity contribution < 1.29 is 0 Å². The third kappa shape index (κ3) is 2.78. The average molecular weight is 281 g/mol. The number of aromatic nitrogens is 1. The van der Waals surface area contributed by atoms with Crippen LogP contribution in [0.2, 0.25) is 5.02 Å². The lowest BCUT2D eigenvalue weighted by molar-refractivity contribution is 0.518. The highest BCUT2D eigenvalue weighted by Crippen LogP contribution is 2.30. The zero-order valence-electron chi connectivity index (χ0n) is 10.3. The number of hydrogen-bond acceptors (Lipinski definition) is 3. The fourth-order valence-electron chi connectivity index (χ4n) is 2.66. The molecule has 1 aromatic carbocycles. The largest absolute Gasteiger partial charge is 0.361 e. The maximum absolute atomic E-state index is 5.96. The van der Waals surface area contributed by atoms with Crippen LogP contribution in [-0.2, 0) is 0 Å². The number of rotatable bonds is 4. The Morgan fingerprint density at radius 3 is 3.00 bits per heavy atom. The second-order valence-corrected chi connectivity index (χ2v) is 6.46. The van der Waals surface area contributed by atoms with Crippen LogP contribution in [0, 0.1) is 5.92 Å². The molecule has 0 spiro atoms. The van der Waals surface area contributed by atoms with Gasteiger partial charge in [0.1, 0.15) is 0 Å². The Kier molecular flexibility index (Phi) is 3.71. The summed E-state index contributed by atoms with van der Waals surface area (Å²) >= 11 is 7.67.